The Kier molecular flexibility index (Phi) is 4.15. The monoisotopic (exact) mass is 182 g/mol. The van der Waals surface area contributed by atoms with Crippen molar-refractivity contribution in [3.63, 3.8) is 0 Å². The summed E-state index contributed by atoms with van der Waals surface area (Å²) >= 11 is 0. The molecule has 0 aromatic rings. The maximum absolute atomic E-state index is 10.7. The van der Waals surface area contributed by atoms with Crippen LogP contribution in [0.5, 0.6) is 0 Å². The molecule has 72 valence electrons. The van der Waals surface area contributed by atoms with Crippen LogP contribution in [-0.2, 0) is 9.53 Å². The van der Waals surface area contributed by atoms with Crippen LogP contribution in [0.4, 0.5) is 0 Å². The molecular weight excluding hydrogens is 168 g/mol. The fourth-order valence-electron chi connectivity index (χ4n) is 1.16. The molecule has 0 bridgehead atoms. The van der Waals surface area contributed by atoms with E-state index in [-0.39, 0.29) is 5.97 Å². The molecule has 1 aliphatic heterocycles. The number of carbonyl (C=O) groups excluding carboxylic acids is 1. The van der Waals surface area contributed by atoms with Gasteiger partial charge in [0.15, 0.2) is 0 Å². The van der Waals surface area contributed by atoms with E-state index in [1.807, 2.05) is 0 Å². The summed E-state index contributed by atoms with van der Waals surface area (Å²) in [5, 5.41) is 7.71. The number of unbranched alkanes of at least 4 members (excludes halogenated alkanes) is 1. The quantitative estimate of drug-likeness (QED) is 0.478. The second kappa shape index (κ2) is 5.45. The Morgan fingerprint density at radius 3 is 3.08 bits per heavy atom. The Morgan fingerprint density at radius 1 is 1.62 bits per heavy atom. The van der Waals surface area contributed by atoms with Crippen LogP contribution in [0, 0.1) is 0 Å². The highest BCUT2D eigenvalue weighted by Gasteiger charge is 2.04. The average Bonchev–Trinajstić information content (AvgIpc) is 2.64. The van der Waals surface area contributed by atoms with Gasteiger partial charge in [0, 0.05) is 24.8 Å². The molecule has 4 heteroatoms. The Bertz CT molecular complexity index is 234. The van der Waals surface area contributed by atoms with Gasteiger partial charge >= 0.3 is 5.97 Å². The normalized spacial score (nSPS) is 14.4. The third-order valence-corrected chi connectivity index (χ3v) is 1.93. The Morgan fingerprint density at radius 2 is 2.46 bits per heavy atom. The minimum atomic E-state index is -0.135. The third-order valence-electron chi connectivity index (χ3n) is 1.93. The van der Waals surface area contributed by atoms with Gasteiger partial charge in [-0.15, -0.1) is 0 Å². The van der Waals surface area contributed by atoms with Crippen LogP contribution in [0.2, 0.25) is 0 Å². The number of esters is 1. The second-order valence-corrected chi connectivity index (χ2v) is 2.95. The molecule has 0 radical (unpaired) electrons. The molecule has 0 unspecified atom stereocenters. The van der Waals surface area contributed by atoms with E-state index in [1.165, 1.54) is 7.11 Å². The lowest BCUT2D eigenvalue weighted by molar-refractivity contribution is -0.140. The Balaban J connectivity index is 1.98. The average molecular weight is 182 g/mol. The minimum absolute atomic E-state index is 0.135. The van der Waals surface area contributed by atoms with E-state index < -0.39 is 0 Å². The van der Waals surface area contributed by atoms with Crippen LogP contribution in [0.25, 0.3) is 0 Å². The fraction of sp³-hybridized carbons (Fsp3) is 0.667. The van der Waals surface area contributed by atoms with Crippen LogP contribution in [0.3, 0.4) is 0 Å². The van der Waals surface area contributed by atoms with Gasteiger partial charge < -0.3 is 4.74 Å². The largest absolute Gasteiger partial charge is 0.469 e. The smallest absolute Gasteiger partial charge is 0.305 e. The molecule has 0 spiro atoms. The number of nitrogens with zero attached hydrogens (tertiary/aromatic N) is 2. The van der Waals surface area contributed by atoms with E-state index in [2.05, 4.69) is 14.9 Å². The molecule has 0 aromatic carbocycles. The van der Waals surface area contributed by atoms with Crippen molar-refractivity contribution in [1.82, 2.24) is 0 Å². The maximum atomic E-state index is 10.7. The molecule has 0 amide bonds. The zero-order valence-corrected chi connectivity index (χ0v) is 7.82. The van der Waals surface area contributed by atoms with Gasteiger partial charge in [-0.25, -0.2) is 0 Å². The number of methoxy groups -OCH3 is 1. The second-order valence-electron chi connectivity index (χ2n) is 2.95. The lowest BCUT2D eigenvalue weighted by Crippen LogP contribution is -2.00. The van der Waals surface area contributed by atoms with Gasteiger partial charge in [-0.05, 0) is 19.3 Å². The zero-order valence-electron chi connectivity index (χ0n) is 7.82. The summed E-state index contributed by atoms with van der Waals surface area (Å²) in [4.78, 5) is 10.7. The highest BCUT2D eigenvalue weighted by atomic mass is 16.5. The standard InChI is InChI=1S/C9H14N2O2/c1-13-9(12)5-3-2-4-8-6-7-10-11-8/h7H,2-6H2,1H3. The van der Waals surface area contributed by atoms with E-state index >= 15 is 0 Å². The van der Waals surface area contributed by atoms with E-state index in [0.29, 0.717) is 6.42 Å². The van der Waals surface area contributed by atoms with Crippen molar-refractivity contribution >= 4 is 17.9 Å². The molecule has 13 heavy (non-hydrogen) atoms. The first-order valence-corrected chi connectivity index (χ1v) is 4.47. The third kappa shape index (κ3) is 3.83. The van der Waals surface area contributed by atoms with Crippen LogP contribution >= 0.6 is 0 Å². The number of rotatable bonds is 5. The number of ether oxygens (including phenoxy) is 1. The van der Waals surface area contributed by atoms with Crippen LogP contribution in [0.1, 0.15) is 32.1 Å². The molecule has 0 N–H and O–H groups in total. The van der Waals surface area contributed by atoms with Crippen LogP contribution < -0.4 is 0 Å². The van der Waals surface area contributed by atoms with Crippen LogP contribution in [-0.4, -0.2) is 25.0 Å². The molecule has 1 rings (SSSR count). The SMILES string of the molecule is COC(=O)CCCCC1=NN=CC1. The molecule has 0 aliphatic carbocycles. The van der Waals surface area contributed by atoms with Gasteiger partial charge in [0.1, 0.15) is 0 Å². The summed E-state index contributed by atoms with van der Waals surface area (Å²) in [6.45, 7) is 0. The lowest BCUT2D eigenvalue weighted by atomic mass is 10.1. The molecule has 0 atom stereocenters. The summed E-state index contributed by atoms with van der Waals surface area (Å²) in [5.41, 5.74) is 1.12. The predicted octanol–water partition coefficient (Wildman–Crippen LogP) is 1.55. The lowest BCUT2D eigenvalue weighted by Gasteiger charge is -1.99. The van der Waals surface area contributed by atoms with Crippen molar-refractivity contribution < 1.29 is 9.53 Å². The van der Waals surface area contributed by atoms with Gasteiger partial charge in [-0.3, -0.25) is 4.79 Å². The highest BCUT2D eigenvalue weighted by Crippen LogP contribution is 2.06. The molecule has 0 saturated carbocycles. The molecule has 0 fully saturated rings. The van der Waals surface area contributed by atoms with E-state index in [1.54, 1.807) is 6.21 Å². The zero-order chi connectivity index (χ0) is 9.52. The van der Waals surface area contributed by atoms with E-state index in [0.717, 1.165) is 31.4 Å². The first kappa shape index (κ1) is 9.89. The van der Waals surface area contributed by atoms with E-state index in [9.17, 15) is 4.79 Å². The molecule has 1 aliphatic rings. The van der Waals surface area contributed by atoms with E-state index in [4.69, 9.17) is 0 Å². The molecule has 0 saturated heterocycles. The number of hydrogen-bond acceptors (Lipinski definition) is 4. The predicted molar refractivity (Wildman–Crippen MR) is 51.0 cm³/mol. The van der Waals surface area contributed by atoms with Crippen LogP contribution in [0.15, 0.2) is 10.2 Å². The van der Waals surface area contributed by atoms with Gasteiger partial charge in [-0.1, -0.05) is 0 Å². The van der Waals surface area contributed by atoms with Crippen molar-refractivity contribution in [2.24, 2.45) is 10.2 Å². The molecule has 4 nitrogen and oxygen atoms in total. The van der Waals surface area contributed by atoms with Gasteiger partial charge in [0.05, 0.1) is 7.11 Å². The summed E-state index contributed by atoms with van der Waals surface area (Å²) in [7, 11) is 1.41. The van der Waals surface area contributed by atoms with Crippen molar-refractivity contribution in [2.75, 3.05) is 7.11 Å². The van der Waals surface area contributed by atoms with Crippen molar-refractivity contribution in [3.05, 3.63) is 0 Å². The van der Waals surface area contributed by atoms with Crippen molar-refractivity contribution in [2.45, 2.75) is 32.1 Å². The van der Waals surface area contributed by atoms with Gasteiger partial charge in [0.2, 0.25) is 0 Å². The number of hydrogen-bond donors (Lipinski definition) is 0. The van der Waals surface area contributed by atoms with Gasteiger partial charge in [-0.2, -0.15) is 10.2 Å². The highest BCUT2D eigenvalue weighted by molar-refractivity contribution is 5.98. The molecular formula is C9H14N2O2. The van der Waals surface area contributed by atoms with Crippen molar-refractivity contribution in [1.29, 1.82) is 0 Å². The summed E-state index contributed by atoms with van der Waals surface area (Å²) < 4.78 is 4.53. The topological polar surface area (TPSA) is 51.0 Å². The first-order chi connectivity index (χ1) is 6.33. The summed E-state index contributed by atoms with van der Waals surface area (Å²) in [5.74, 6) is -0.135. The Hall–Kier alpha value is -1.19. The molecule has 1 heterocycles. The first-order valence-electron chi connectivity index (χ1n) is 4.47. The minimum Gasteiger partial charge on any atom is -0.469 e. The van der Waals surface area contributed by atoms with Gasteiger partial charge in [0.25, 0.3) is 0 Å². The summed E-state index contributed by atoms with van der Waals surface area (Å²) in [6.07, 6.45) is 5.97. The maximum Gasteiger partial charge on any atom is 0.305 e. The Labute approximate surface area is 77.7 Å². The summed E-state index contributed by atoms with van der Waals surface area (Å²) in [6, 6.07) is 0. The van der Waals surface area contributed by atoms with Crippen molar-refractivity contribution in [3.8, 4) is 0 Å². The number of carbonyl (C=O) groups is 1. The molecule has 0 aromatic heterocycles. The fourth-order valence-corrected chi connectivity index (χ4v) is 1.16.